The van der Waals surface area contributed by atoms with E-state index in [1.54, 1.807) is 17.4 Å². The number of hydrogen-bond acceptors (Lipinski definition) is 5. The molecule has 1 aromatic heterocycles. The normalized spacial score (nSPS) is 12.8. The number of amides is 2. The molecule has 2 aromatic rings. The van der Waals surface area contributed by atoms with Crippen LogP contribution in [0.15, 0.2) is 41.8 Å². The van der Waals surface area contributed by atoms with Gasteiger partial charge < -0.3 is 19.7 Å². The van der Waals surface area contributed by atoms with Crippen molar-refractivity contribution < 1.29 is 19.1 Å². The first-order valence-corrected chi connectivity index (χ1v) is 9.69. The number of thiophene rings is 1. The van der Waals surface area contributed by atoms with Crippen molar-refractivity contribution in [2.75, 3.05) is 26.3 Å². The maximum Gasteiger partial charge on any atom is 0.247 e. The summed E-state index contributed by atoms with van der Waals surface area (Å²) in [6, 6.07) is 9.43. The van der Waals surface area contributed by atoms with Crippen LogP contribution < -0.4 is 14.8 Å². The molecular weight excluding hydrogens is 364 g/mol. The molecule has 0 saturated carbocycles. The molecule has 1 aliphatic rings. The third-order valence-corrected chi connectivity index (χ3v) is 4.93. The summed E-state index contributed by atoms with van der Waals surface area (Å²) in [5, 5.41) is 4.80. The van der Waals surface area contributed by atoms with Gasteiger partial charge >= 0.3 is 0 Å². The van der Waals surface area contributed by atoms with Crippen molar-refractivity contribution in [2.24, 2.45) is 0 Å². The van der Waals surface area contributed by atoms with Crippen LogP contribution in [0.4, 0.5) is 0 Å². The number of ether oxygens (including phenoxy) is 2. The zero-order valence-corrected chi connectivity index (χ0v) is 16.0. The predicted molar refractivity (Wildman–Crippen MR) is 105 cm³/mol. The summed E-state index contributed by atoms with van der Waals surface area (Å²) in [7, 11) is 0. The largest absolute Gasteiger partial charge is 0.486 e. The molecule has 0 atom stereocenters. The number of fused-ring (bicyclic) bond motifs is 1. The Labute approximate surface area is 162 Å². The number of rotatable bonds is 7. The van der Waals surface area contributed by atoms with E-state index < -0.39 is 0 Å². The van der Waals surface area contributed by atoms with Gasteiger partial charge in [0.05, 0.1) is 13.1 Å². The fraction of sp³-hybridized carbons (Fsp3) is 0.300. The molecule has 142 valence electrons. The molecule has 0 unspecified atom stereocenters. The Morgan fingerprint density at radius 2 is 2.04 bits per heavy atom. The van der Waals surface area contributed by atoms with Gasteiger partial charge in [0.25, 0.3) is 0 Å². The number of likely N-dealkylation sites (N-methyl/N-ethyl adjacent to an activating group) is 1. The maximum absolute atomic E-state index is 12.4. The number of hydrogen-bond donors (Lipinski definition) is 1. The molecular formula is C20H22N2O4S. The summed E-state index contributed by atoms with van der Waals surface area (Å²) < 4.78 is 11.0. The van der Waals surface area contributed by atoms with Gasteiger partial charge in [0.15, 0.2) is 11.5 Å². The highest BCUT2D eigenvalue weighted by molar-refractivity contribution is 7.09. The molecule has 1 aromatic carbocycles. The van der Waals surface area contributed by atoms with E-state index in [2.05, 4.69) is 5.32 Å². The number of nitrogens with one attached hydrogen (secondary N) is 1. The standard InChI is InChI=1S/C20H22N2O4S/c1-2-22(14-19(23)21-13-16-4-3-11-27-16)20(24)8-6-15-5-7-17-18(12-15)26-10-9-25-17/h3-8,11-12H,2,9-10,13-14H2,1H3,(H,21,23)/b8-6+. The van der Waals surface area contributed by atoms with Crippen molar-refractivity contribution in [2.45, 2.75) is 13.5 Å². The lowest BCUT2D eigenvalue weighted by Crippen LogP contribution is -2.39. The van der Waals surface area contributed by atoms with E-state index in [0.717, 1.165) is 10.4 Å². The summed E-state index contributed by atoms with van der Waals surface area (Å²) in [5.74, 6) is 1.00. The Hall–Kier alpha value is -2.80. The van der Waals surface area contributed by atoms with Crippen molar-refractivity contribution in [3.8, 4) is 11.5 Å². The molecule has 0 saturated heterocycles. The minimum Gasteiger partial charge on any atom is -0.486 e. The maximum atomic E-state index is 12.4. The number of carbonyl (C=O) groups is 2. The average Bonchev–Trinajstić information content (AvgIpc) is 3.22. The predicted octanol–water partition coefficient (Wildman–Crippen LogP) is 2.70. The topological polar surface area (TPSA) is 67.9 Å². The van der Waals surface area contributed by atoms with Crippen LogP contribution in [0.25, 0.3) is 6.08 Å². The minimum absolute atomic E-state index is 0.0339. The summed E-state index contributed by atoms with van der Waals surface area (Å²) in [5.41, 5.74) is 0.839. The van der Waals surface area contributed by atoms with Crippen LogP contribution in [0.3, 0.4) is 0 Å². The third kappa shape index (κ3) is 5.34. The molecule has 2 amide bonds. The van der Waals surface area contributed by atoms with Crippen molar-refractivity contribution in [1.29, 1.82) is 0 Å². The summed E-state index contributed by atoms with van der Waals surface area (Å²) in [6.07, 6.45) is 3.19. The zero-order chi connectivity index (χ0) is 19.1. The molecule has 0 fully saturated rings. The van der Waals surface area contributed by atoms with E-state index in [1.165, 1.54) is 11.0 Å². The number of nitrogens with zero attached hydrogens (tertiary/aromatic N) is 1. The van der Waals surface area contributed by atoms with Crippen LogP contribution in [0.5, 0.6) is 11.5 Å². The van der Waals surface area contributed by atoms with Gasteiger partial charge in [-0.3, -0.25) is 9.59 Å². The second-order valence-electron chi connectivity index (χ2n) is 5.94. The summed E-state index contributed by atoms with van der Waals surface area (Å²) >= 11 is 1.59. The van der Waals surface area contributed by atoms with Crippen molar-refractivity contribution >= 4 is 29.2 Å². The lowest BCUT2D eigenvalue weighted by molar-refractivity contribution is -0.132. The monoisotopic (exact) mass is 386 g/mol. The smallest absolute Gasteiger partial charge is 0.247 e. The molecule has 0 bridgehead atoms. The third-order valence-electron chi connectivity index (χ3n) is 4.05. The molecule has 0 aliphatic carbocycles. The highest BCUT2D eigenvalue weighted by Crippen LogP contribution is 2.31. The first-order valence-electron chi connectivity index (χ1n) is 8.81. The quantitative estimate of drug-likeness (QED) is 0.743. The van der Waals surface area contributed by atoms with Crippen molar-refractivity contribution in [1.82, 2.24) is 10.2 Å². The molecule has 0 spiro atoms. The second kappa shape index (κ2) is 9.23. The average molecular weight is 386 g/mol. The van der Waals surface area contributed by atoms with Gasteiger partial charge in [-0.2, -0.15) is 0 Å². The summed E-state index contributed by atoms with van der Waals surface area (Å²) in [6.45, 7) is 3.88. The van der Waals surface area contributed by atoms with E-state index in [4.69, 9.17) is 9.47 Å². The molecule has 6 nitrogen and oxygen atoms in total. The molecule has 7 heteroatoms. The van der Waals surface area contributed by atoms with Crippen LogP contribution in [-0.4, -0.2) is 43.0 Å². The molecule has 0 radical (unpaired) electrons. The first-order chi connectivity index (χ1) is 13.2. The van der Waals surface area contributed by atoms with Gasteiger partial charge in [-0.25, -0.2) is 0 Å². The van der Waals surface area contributed by atoms with E-state index in [1.807, 2.05) is 42.6 Å². The molecule has 1 N–H and O–H groups in total. The second-order valence-corrected chi connectivity index (χ2v) is 6.98. The highest BCUT2D eigenvalue weighted by Gasteiger charge is 2.14. The Bertz CT molecular complexity index is 817. The molecule has 2 heterocycles. The molecule has 3 rings (SSSR count). The Morgan fingerprint density at radius 1 is 1.22 bits per heavy atom. The van der Waals surface area contributed by atoms with E-state index in [-0.39, 0.29) is 18.4 Å². The Morgan fingerprint density at radius 3 is 2.78 bits per heavy atom. The van der Waals surface area contributed by atoms with Crippen LogP contribution >= 0.6 is 11.3 Å². The SMILES string of the molecule is CCN(CC(=O)NCc1cccs1)C(=O)/C=C/c1ccc2c(c1)OCCO2. The van der Waals surface area contributed by atoms with Gasteiger partial charge in [-0.1, -0.05) is 12.1 Å². The minimum atomic E-state index is -0.210. The number of carbonyl (C=O) groups excluding carboxylic acids is 2. The van der Waals surface area contributed by atoms with Gasteiger partial charge in [0, 0.05) is 17.5 Å². The van der Waals surface area contributed by atoms with E-state index in [9.17, 15) is 9.59 Å². The molecule has 1 aliphatic heterocycles. The van der Waals surface area contributed by atoms with Gasteiger partial charge in [0.1, 0.15) is 13.2 Å². The van der Waals surface area contributed by atoms with Gasteiger partial charge in [0.2, 0.25) is 11.8 Å². The Balaban J connectivity index is 1.54. The van der Waals surface area contributed by atoms with Crippen LogP contribution in [0, 0.1) is 0 Å². The highest BCUT2D eigenvalue weighted by atomic mass is 32.1. The van der Waals surface area contributed by atoms with Crippen LogP contribution in [-0.2, 0) is 16.1 Å². The van der Waals surface area contributed by atoms with E-state index >= 15 is 0 Å². The van der Waals surface area contributed by atoms with Gasteiger partial charge in [-0.15, -0.1) is 11.3 Å². The van der Waals surface area contributed by atoms with Crippen molar-refractivity contribution in [3.63, 3.8) is 0 Å². The van der Waals surface area contributed by atoms with Crippen molar-refractivity contribution in [3.05, 3.63) is 52.2 Å². The van der Waals surface area contributed by atoms with Gasteiger partial charge in [-0.05, 0) is 42.1 Å². The van der Waals surface area contributed by atoms with Crippen LogP contribution in [0.2, 0.25) is 0 Å². The summed E-state index contributed by atoms with van der Waals surface area (Å²) in [4.78, 5) is 27.1. The lowest BCUT2D eigenvalue weighted by atomic mass is 10.1. The number of benzene rings is 1. The Kier molecular flexibility index (Phi) is 6.49. The fourth-order valence-corrected chi connectivity index (χ4v) is 3.25. The lowest BCUT2D eigenvalue weighted by Gasteiger charge is -2.19. The fourth-order valence-electron chi connectivity index (χ4n) is 2.61. The van der Waals surface area contributed by atoms with E-state index in [0.29, 0.717) is 37.8 Å². The first kappa shape index (κ1) is 19.0. The van der Waals surface area contributed by atoms with Crippen LogP contribution in [0.1, 0.15) is 17.4 Å². The molecule has 27 heavy (non-hydrogen) atoms. The zero-order valence-electron chi connectivity index (χ0n) is 15.1.